The molecule has 0 amide bonds. The first-order chi connectivity index (χ1) is 12.1. The van der Waals surface area contributed by atoms with Crippen molar-refractivity contribution in [3.05, 3.63) is 52.6 Å². The fourth-order valence-electron chi connectivity index (χ4n) is 2.72. The molecule has 0 aromatic heterocycles. The molecule has 5 heteroatoms. The summed E-state index contributed by atoms with van der Waals surface area (Å²) in [5.74, 6) is 0. The van der Waals surface area contributed by atoms with E-state index in [1.807, 2.05) is 0 Å². The minimum atomic E-state index is -0.564. The van der Waals surface area contributed by atoms with Crippen molar-refractivity contribution in [1.29, 1.82) is 0 Å². The van der Waals surface area contributed by atoms with Gasteiger partial charge in [0.05, 0.1) is 17.6 Å². The average molecular weight is 349 g/mol. The Labute approximate surface area is 150 Å². The smallest absolute Gasteiger partial charge is 0.269 e. The molecule has 0 saturated heterocycles. The molecule has 0 fully saturated rings. The molecule has 2 atom stereocenters. The van der Waals surface area contributed by atoms with Crippen LogP contribution in [0, 0.1) is 10.1 Å². The van der Waals surface area contributed by atoms with E-state index in [1.165, 1.54) is 44.2 Å². The SMILES string of the molecule is C=CC(OCc1ccc([N+](=O)[O-])cc1)C(O)CCCCCCCCC. The third-order valence-electron chi connectivity index (χ3n) is 4.30. The monoisotopic (exact) mass is 349 g/mol. The number of hydrogen-bond donors (Lipinski definition) is 1. The van der Waals surface area contributed by atoms with E-state index in [9.17, 15) is 15.2 Å². The summed E-state index contributed by atoms with van der Waals surface area (Å²) in [6.45, 7) is 6.24. The molecule has 1 aromatic rings. The molecular weight excluding hydrogens is 318 g/mol. The van der Waals surface area contributed by atoms with Gasteiger partial charge < -0.3 is 9.84 Å². The van der Waals surface area contributed by atoms with Crippen LogP contribution in [0.4, 0.5) is 5.69 Å². The number of non-ortho nitro benzene ring substituents is 1. The zero-order valence-electron chi connectivity index (χ0n) is 15.2. The first kappa shape index (κ1) is 21.3. The van der Waals surface area contributed by atoms with Crippen LogP contribution < -0.4 is 0 Å². The lowest BCUT2D eigenvalue weighted by Gasteiger charge is -2.20. The Balaban J connectivity index is 2.27. The van der Waals surface area contributed by atoms with Crippen molar-refractivity contribution >= 4 is 5.69 Å². The summed E-state index contributed by atoms with van der Waals surface area (Å²) in [6, 6.07) is 6.25. The van der Waals surface area contributed by atoms with Gasteiger partial charge in [-0.05, 0) is 24.1 Å². The van der Waals surface area contributed by atoms with Crippen LogP contribution in [0.25, 0.3) is 0 Å². The molecule has 0 saturated carbocycles. The highest BCUT2D eigenvalue weighted by Gasteiger charge is 2.16. The Morgan fingerprint density at radius 3 is 2.32 bits per heavy atom. The van der Waals surface area contributed by atoms with E-state index in [2.05, 4.69) is 13.5 Å². The summed E-state index contributed by atoms with van der Waals surface area (Å²) in [7, 11) is 0. The second-order valence-electron chi connectivity index (χ2n) is 6.41. The van der Waals surface area contributed by atoms with Gasteiger partial charge in [0.1, 0.15) is 6.10 Å². The van der Waals surface area contributed by atoms with Crippen LogP contribution in [0.15, 0.2) is 36.9 Å². The van der Waals surface area contributed by atoms with Gasteiger partial charge in [0.25, 0.3) is 5.69 Å². The van der Waals surface area contributed by atoms with Gasteiger partial charge in [0, 0.05) is 12.1 Å². The number of nitro groups is 1. The summed E-state index contributed by atoms with van der Waals surface area (Å²) in [5, 5.41) is 20.9. The second kappa shape index (κ2) is 12.6. The van der Waals surface area contributed by atoms with E-state index in [0.717, 1.165) is 18.4 Å². The first-order valence-corrected chi connectivity index (χ1v) is 9.24. The molecule has 2 unspecified atom stereocenters. The zero-order chi connectivity index (χ0) is 18.5. The molecule has 140 valence electrons. The normalized spacial score (nSPS) is 13.4. The molecular formula is C20H31NO4. The molecule has 0 radical (unpaired) electrons. The highest BCUT2D eigenvalue weighted by atomic mass is 16.6. The van der Waals surface area contributed by atoms with Crippen molar-refractivity contribution in [2.24, 2.45) is 0 Å². The lowest BCUT2D eigenvalue weighted by molar-refractivity contribution is -0.384. The van der Waals surface area contributed by atoms with E-state index in [0.29, 0.717) is 13.0 Å². The van der Waals surface area contributed by atoms with Crippen molar-refractivity contribution in [3.8, 4) is 0 Å². The molecule has 1 aromatic carbocycles. The predicted molar refractivity (Wildman–Crippen MR) is 100 cm³/mol. The number of benzene rings is 1. The standard InChI is InChI=1S/C20H31NO4/c1-3-5-6-7-8-9-10-11-19(22)20(4-2)25-16-17-12-14-18(15-13-17)21(23)24/h4,12-15,19-20,22H,2-3,5-11,16H2,1H3. The molecule has 1 rings (SSSR count). The fraction of sp³-hybridized carbons (Fsp3) is 0.600. The van der Waals surface area contributed by atoms with E-state index in [4.69, 9.17) is 4.74 Å². The molecule has 0 aliphatic carbocycles. The Bertz CT molecular complexity index is 501. The molecule has 0 spiro atoms. The quantitative estimate of drug-likeness (QED) is 0.218. The van der Waals surface area contributed by atoms with Crippen molar-refractivity contribution < 1.29 is 14.8 Å². The van der Waals surface area contributed by atoms with Gasteiger partial charge in [0.2, 0.25) is 0 Å². The Kier molecular flexibility index (Phi) is 10.8. The molecule has 1 N–H and O–H groups in total. The van der Waals surface area contributed by atoms with Crippen LogP contribution in [0.2, 0.25) is 0 Å². The Morgan fingerprint density at radius 2 is 1.76 bits per heavy atom. The van der Waals surface area contributed by atoms with Crippen LogP contribution >= 0.6 is 0 Å². The molecule has 0 bridgehead atoms. The molecule has 25 heavy (non-hydrogen) atoms. The number of rotatable bonds is 14. The van der Waals surface area contributed by atoms with E-state index >= 15 is 0 Å². The number of aliphatic hydroxyl groups excluding tert-OH is 1. The van der Waals surface area contributed by atoms with Crippen molar-refractivity contribution in [2.75, 3.05) is 0 Å². The van der Waals surface area contributed by atoms with Crippen LogP contribution in [0.3, 0.4) is 0 Å². The number of ether oxygens (including phenoxy) is 1. The topological polar surface area (TPSA) is 72.6 Å². The third-order valence-corrected chi connectivity index (χ3v) is 4.30. The summed E-state index contributed by atoms with van der Waals surface area (Å²) in [5.41, 5.74) is 0.892. The van der Waals surface area contributed by atoms with Gasteiger partial charge in [0.15, 0.2) is 0 Å². The number of aliphatic hydroxyl groups is 1. The van der Waals surface area contributed by atoms with Crippen LogP contribution in [0.5, 0.6) is 0 Å². The maximum atomic E-state index is 10.6. The third kappa shape index (κ3) is 8.79. The summed E-state index contributed by atoms with van der Waals surface area (Å²) >= 11 is 0. The summed E-state index contributed by atoms with van der Waals surface area (Å²) in [6.07, 6.45) is 9.80. The highest BCUT2D eigenvalue weighted by molar-refractivity contribution is 5.32. The lowest BCUT2D eigenvalue weighted by Crippen LogP contribution is -2.26. The van der Waals surface area contributed by atoms with Gasteiger partial charge in [-0.3, -0.25) is 10.1 Å². The van der Waals surface area contributed by atoms with E-state index < -0.39 is 17.1 Å². The van der Waals surface area contributed by atoms with Gasteiger partial charge in [-0.25, -0.2) is 0 Å². The predicted octanol–water partition coefficient (Wildman–Crippen LogP) is 5.17. The molecule has 5 nitrogen and oxygen atoms in total. The lowest BCUT2D eigenvalue weighted by atomic mass is 10.0. The zero-order valence-corrected chi connectivity index (χ0v) is 15.2. The molecule has 0 aliphatic rings. The van der Waals surface area contributed by atoms with Crippen molar-refractivity contribution in [1.82, 2.24) is 0 Å². The largest absolute Gasteiger partial charge is 0.390 e. The number of nitrogens with zero attached hydrogens (tertiary/aromatic N) is 1. The van der Waals surface area contributed by atoms with Gasteiger partial charge in [-0.1, -0.05) is 57.9 Å². The van der Waals surface area contributed by atoms with E-state index in [-0.39, 0.29) is 5.69 Å². The van der Waals surface area contributed by atoms with Crippen LogP contribution in [0.1, 0.15) is 63.9 Å². The van der Waals surface area contributed by atoms with Gasteiger partial charge >= 0.3 is 0 Å². The maximum Gasteiger partial charge on any atom is 0.269 e. The minimum Gasteiger partial charge on any atom is -0.390 e. The molecule has 0 heterocycles. The van der Waals surface area contributed by atoms with Crippen LogP contribution in [-0.2, 0) is 11.3 Å². The van der Waals surface area contributed by atoms with Crippen molar-refractivity contribution in [3.63, 3.8) is 0 Å². The molecule has 0 aliphatic heterocycles. The highest BCUT2D eigenvalue weighted by Crippen LogP contribution is 2.16. The maximum absolute atomic E-state index is 10.6. The van der Waals surface area contributed by atoms with Crippen molar-refractivity contribution in [2.45, 2.75) is 77.1 Å². The van der Waals surface area contributed by atoms with Gasteiger partial charge in [-0.15, -0.1) is 6.58 Å². The number of hydrogen-bond acceptors (Lipinski definition) is 4. The second-order valence-corrected chi connectivity index (χ2v) is 6.41. The first-order valence-electron chi connectivity index (χ1n) is 9.24. The van der Waals surface area contributed by atoms with Crippen LogP contribution in [-0.4, -0.2) is 22.2 Å². The Hall–Kier alpha value is -1.72. The van der Waals surface area contributed by atoms with E-state index in [1.54, 1.807) is 18.2 Å². The fourth-order valence-corrected chi connectivity index (χ4v) is 2.72. The minimum absolute atomic E-state index is 0.0583. The summed E-state index contributed by atoms with van der Waals surface area (Å²) in [4.78, 5) is 10.2. The summed E-state index contributed by atoms with van der Waals surface area (Å²) < 4.78 is 5.71. The number of unbranched alkanes of at least 4 members (excludes halogenated alkanes) is 6. The average Bonchev–Trinajstić information content (AvgIpc) is 2.61. The van der Waals surface area contributed by atoms with Gasteiger partial charge in [-0.2, -0.15) is 0 Å². The number of nitro benzene ring substituents is 1. The Morgan fingerprint density at radius 1 is 1.16 bits per heavy atom.